The quantitative estimate of drug-likeness (QED) is 0.178. The maximum absolute atomic E-state index is 5.26. The number of aromatic nitrogens is 4. The normalized spacial score (nSPS) is 12.1. The van der Waals surface area contributed by atoms with Crippen LogP contribution in [0.3, 0.4) is 0 Å². The van der Waals surface area contributed by atoms with E-state index in [4.69, 9.17) is 15.0 Å². The smallest absolute Gasteiger partial charge is 0.164 e. The fourth-order valence-corrected chi connectivity index (χ4v) is 12.2. The van der Waals surface area contributed by atoms with E-state index in [1.54, 1.807) is 0 Å². The summed E-state index contributed by atoms with van der Waals surface area (Å²) in [5.41, 5.74) is 6.28. The second-order valence-corrected chi connectivity index (χ2v) is 18.0. The number of rotatable bonds is 4. The monoisotopic (exact) mass is 792 g/mol. The van der Waals surface area contributed by atoms with Gasteiger partial charge in [0.2, 0.25) is 0 Å². The molecule has 13 rings (SSSR count). The highest BCUT2D eigenvalue weighted by Crippen LogP contribution is 2.44. The summed E-state index contributed by atoms with van der Waals surface area (Å²) in [5.74, 6) is 1.95. The Morgan fingerprint density at radius 3 is 1.45 bits per heavy atom. The van der Waals surface area contributed by atoms with Crippen LogP contribution in [0.2, 0.25) is 0 Å². The highest BCUT2D eigenvalue weighted by atomic mass is 32.1. The molecule has 0 saturated heterocycles. The number of thiophene rings is 3. The fourth-order valence-electron chi connectivity index (χ4n) is 8.79. The van der Waals surface area contributed by atoms with E-state index < -0.39 is 0 Å². The van der Waals surface area contributed by atoms with Crippen molar-refractivity contribution in [2.75, 3.05) is 0 Å². The number of para-hydroxylation sites is 1. The van der Waals surface area contributed by atoms with Crippen LogP contribution in [-0.4, -0.2) is 19.5 Å². The Bertz CT molecular complexity index is 3700. The SMILES string of the molecule is c1cc(-c2nc(-c3ccc4sc5ccccc5c4c3)nc(-c3ccc4sc5ccccc5c4c3)n2)cc(-n2c3ccccc3c3c4sc5ccccc5c4ccc32)c1. The molecule has 0 aliphatic rings. The van der Waals surface area contributed by atoms with E-state index in [2.05, 4.69) is 174 Å². The number of benzene rings is 8. The number of hydrogen-bond acceptors (Lipinski definition) is 6. The molecule has 7 heteroatoms. The Labute approximate surface area is 343 Å². The van der Waals surface area contributed by atoms with Gasteiger partial charge < -0.3 is 4.57 Å². The van der Waals surface area contributed by atoms with E-state index in [-0.39, 0.29) is 0 Å². The van der Waals surface area contributed by atoms with E-state index >= 15 is 0 Å². The van der Waals surface area contributed by atoms with E-state index in [1.165, 1.54) is 82.3 Å². The molecule has 5 heterocycles. The van der Waals surface area contributed by atoms with Crippen LogP contribution in [0.4, 0.5) is 0 Å². The Kier molecular flexibility index (Phi) is 6.89. The summed E-state index contributed by atoms with van der Waals surface area (Å²) >= 11 is 5.51. The van der Waals surface area contributed by atoms with Crippen LogP contribution in [0.5, 0.6) is 0 Å². The minimum Gasteiger partial charge on any atom is -0.309 e. The van der Waals surface area contributed by atoms with Crippen molar-refractivity contribution < 1.29 is 0 Å². The Balaban J connectivity index is 1.03. The highest BCUT2D eigenvalue weighted by Gasteiger charge is 2.20. The Hall–Kier alpha value is -6.77. The first kappa shape index (κ1) is 32.3. The first-order chi connectivity index (χ1) is 28.7. The van der Waals surface area contributed by atoms with E-state index in [0.717, 1.165) is 22.4 Å². The molecule has 58 heavy (non-hydrogen) atoms. The van der Waals surface area contributed by atoms with Gasteiger partial charge in [0.15, 0.2) is 17.5 Å². The van der Waals surface area contributed by atoms with Gasteiger partial charge in [-0.15, -0.1) is 34.0 Å². The van der Waals surface area contributed by atoms with Crippen LogP contribution in [0.25, 0.3) is 122 Å². The van der Waals surface area contributed by atoms with Gasteiger partial charge >= 0.3 is 0 Å². The van der Waals surface area contributed by atoms with E-state index in [0.29, 0.717) is 17.5 Å². The van der Waals surface area contributed by atoms with Crippen molar-refractivity contribution >= 4 is 116 Å². The average Bonchev–Trinajstić information content (AvgIpc) is 4.04. The van der Waals surface area contributed by atoms with Gasteiger partial charge in [-0.3, -0.25) is 0 Å². The van der Waals surface area contributed by atoms with Gasteiger partial charge in [-0.1, -0.05) is 91.0 Å². The number of nitrogens with zero attached hydrogens (tertiary/aromatic N) is 4. The van der Waals surface area contributed by atoms with Gasteiger partial charge in [-0.2, -0.15) is 0 Å². The third kappa shape index (κ3) is 4.81. The molecule has 0 aliphatic heterocycles. The third-order valence-electron chi connectivity index (χ3n) is 11.4. The summed E-state index contributed by atoms with van der Waals surface area (Å²) in [7, 11) is 0. The van der Waals surface area contributed by atoms with Crippen LogP contribution < -0.4 is 0 Å². The minimum atomic E-state index is 0.639. The average molecular weight is 793 g/mol. The second-order valence-electron chi connectivity index (χ2n) is 14.8. The van der Waals surface area contributed by atoms with E-state index in [1.807, 2.05) is 34.0 Å². The van der Waals surface area contributed by atoms with Gasteiger partial charge in [-0.25, -0.2) is 15.0 Å². The summed E-state index contributed by atoms with van der Waals surface area (Å²) in [4.78, 5) is 15.7. The molecule has 4 nitrogen and oxygen atoms in total. The molecule has 0 unspecified atom stereocenters. The first-order valence-electron chi connectivity index (χ1n) is 19.3. The number of hydrogen-bond donors (Lipinski definition) is 0. The molecule has 0 fully saturated rings. The Morgan fingerprint density at radius 2 is 0.828 bits per heavy atom. The van der Waals surface area contributed by atoms with Crippen LogP contribution in [-0.2, 0) is 0 Å². The zero-order valence-electron chi connectivity index (χ0n) is 30.7. The van der Waals surface area contributed by atoms with Crippen molar-refractivity contribution in [1.29, 1.82) is 0 Å². The van der Waals surface area contributed by atoms with Crippen LogP contribution in [0.1, 0.15) is 0 Å². The molecule has 5 aromatic heterocycles. The summed E-state index contributed by atoms with van der Waals surface area (Å²) in [6.07, 6.45) is 0. The molecule has 0 amide bonds. The zero-order chi connectivity index (χ0) is 37.9. The summed E-state index contributed by atoms with van der Waals surface area (Å²) in [6.45, 7) is 0. The van der Waals surface area contributed by atoms with Crippen molar-refractivity contribution in [3.63, 3.8) is 0 Å². The van der Waals surface area contributed by atoms with E-state index in [9.17, 15) is 0 Å². The predicted octanol–water partition coefficient (Wildman–Crippen LogP) is 15.1. The van der Waals surface area contributed by atoms with Crippen LogP contribution >= 0.6 is 34.0 Å². The van der Waals surface area contributed by atoms with Crippen molar-refractivity contribution in [2.24, 2.45) is 0 Å². The van der Waals surface area contributed by atoms with Gasteiger partial charge in [0, 0.05) is 93.7 Å². The highest BCUT2D eigenvalue weighted by molar-refractivity contribution is 7.27. The maximum Gasteiger partial charge on any atom is 0.164 e. The lowest BCUT2D eigenvalue weighted by molar-refractivity contribution is 1.07. The number of fused-ring (bicyclic) bond motifs is 13. The molecule has 270 valence electrons. The fraction of sp³-hybridized carbons (Fsp3) is 0. The van der Waals surface area contributed by atoms with Crippen LogP contribution in [0, 0.1) is 0 Å². The van der Waals surface area contributed by atoms with Gasteiger partial charge in [0.25, 0.3) is 0 Å². The summed E-state index contributed by atoms with van der Waals surface area (Å²) in [6, 6.07) is 61.2. The standard InChI is InChI=1S/C51H28N4S3/c1-5-16-40-37(15-1)47-41(23-22-36-33-12-2-8-19-44(33)58-48(36)47)55(40)32-11-9-10-29(26-32)49-52-50(30-20-24-45-38(27-30)34-13-3-6-17-42(34)56-45)54-51(53-49)31-21-25-46-39(28-31)35-14-4-7-18-43(35)57-46/h1-28H. The molecule has 0 radical (unpaired) electrons. The Morgan fingerprint density at radius 1 is 0.328 bits per heavy atom. The molecule has 8 aromatic carbocycles. The first-order valence-corrected chi connectivity index (χ1v) is 21.7. The second kappa shape index (κ2) is 12.4. The maximum atomic E-state index is 5.26. The molecular formula is C51H28N4S3. The topological polar surface area (TPSA) is 43.6 Å². The van der Waals surface area contributed by atoms with Gasteiger partial charge in [0.05, 0.1) is 11.0 Å². The zero-order valence-corrected chi connectivity index (χ0v) is 33.1. The van der Waals surface area contributed by atoms with Crippen LogP contribution in [0.15, 0.2) is 170 Å². The molecule has 0 N–H and O–H groups in total. The molecule has 0 spiro atoms. The molecular weight excluding hydrogens is 765 g/mol. The molecule has 0 atom stereocenters. The van der Waals surface area contributed by atoms with Gasteiger partial charge in [-0.05, 0) is 78.9 Å². The third-order valence-corrected chi connectivity index (χ3v) is 15.0. The lowest BCUT2D eigenvalue weighted by Crippen LogP contribution is -2.01. The van der Waals surface area contributed by atoms with Gasteiger partial charge in [0.1, 0.15) is 0 Å². The largest absolute Gasteiger partial charge is 0.309 e. The molecule has 0 bridgehead atoms. The lowest BCUT2D eigenvalue weighted by Gasteiger charge is -2.12. The van der Waals surface area contributed by atoms with Crippen molar-refractivity contribution in [2.45, 2.75) is 0 Å². The van der Waals surface area contributed by atoms with Crippen molar-refractivity contribution in [3.05, 3.63) is 170 Å². The summed E-state index contributed by atoms with van der Waals surface area (Å²) in [5, 5.41) is 10.1. The predicted molar refractivity (Wildman–Crippen MR) is 249 cm³/mol. The molecule has 13 aromatic rings. The van der Waals surface area contributed by atoms with Crippen molar-refractivity contribution in [3.8, 4) is 39.9 Å². The minimum absolute atomic E-state index is 0.639. The summed E-state index contributed by atoms with van der Waals surface area (Å²) < 4.78 is 10.1. The molecule has 0 saturated carbocycles. The van der Waals surface area contributed by atoms with Crippen molar-refractivity contribution in [1.82, 2.24) is 19.5 Å². The lowest BCUT2D eigenvalue weighted by atomic mass is 10.1. The molecule has 0 aliphatic carbocycles.